The van der Waals surface area contributed by atoms with Gasteiger partial charge < -0.3 is 16.0 Å². The van der Waals surface area contributed by atoms with E-state index in [1.54, 1.807) is 25.9 Å². The first-order valence-electron chi connectivity index (χ1n) is 6.17. The van der Waals surface area contributed by atoms with E-state index in [4.69, 9.17) is 5.73 Å². The summed E-state index contributed by atoms with van der Waals surface area (Å²) in [5.41, 5.74) is 5.40. The largest absolute Gasteiger partial charge is 0.359 e. The number of halogens is 1. The first kappa shape index (κ1) is 17.2. The van der Waals surface area contributed by atoms with Crippen LogP contribution in [0.1, 0.15) is 32.6 Å². The van der Waals surface area contributed by atoms with Gasteiger partial charge in [0.25, 0.3) is 0 Å². The van der Waals surface area contributed by atoms with Crippen molar-refractivity contribution in [2.45, 2.75) is 38.1 Å². The van der Waals surface area contributed by atoms with Crippen molar-refractivity contribution >= 4 is 24.2 Å². The van der Waals surface area contributed by atoms with Gasteiger partial charge in [0.05, 0.1) is 11.5 Å². The molecule has 0 aromatic heterocycles. The van der Waals surface area contributed by atoms with Crippen LogP contribution in [0.25, 0.3) is 0 Å². The number of amides is 2. The van der Waals surface area contributed by atoms with Gasteiger partial charge >= 0.3 is 0 Å². The van der Waals surface area contributed by atoms with Crippen molar-refractivity contribution < 1.29 is 9.59 Å². The lowest BCUT2D eigenvalue weighted by Crippen LogP contribution is -2.53. The van der Waals surface area contributed by atoms with Crippen molar-refractivity contribution in [3.8, 4) is 0 Å². The molecule has 1 unspecified atom stereocenters. The second-order valence-electron chi connectivity index (χ2n) is 5.06. The van der Waals surface area contributed by atoms with Crippen molar-refractivity contribution in [2.24, 2.45) is 11.7 Å². The fraction of sp³-hybridized carbons (Fsp3) is 0.833. The Labute approximate surface area is 115 Å². The molecule has 2 amide bonds. The third-order valence-electron chi connectivity index (χ3n) is 3.51. The second-order valence-corrected chi connectivity index (χ2v) is 5.06. The Morgan fingerprint density at radius 2 is 1.89 bits per heavy atom. The molecule has 0 aromatic carbocycles. The first-order valence-corrected chi connectivity index (χ1v) is 6.17. The Kier molecular flexibility index (Phi) is 6.63. The van der Waals surface area contributed by atoms with Gasteiger partial charge in [-0.25, -0.2) is 0 Å². The van der Waals surface area contributed by atoms with Gasteiger partial charge in [0, 0.05) is 20.6 Å². The van der Waals surface area contributed by atoms with Crippen LogP contribution in [0.15, 0.2) is 0 Å². The van der Waals surface area contributed by atoms with Crippen LogP contribution >= 0.6 is 12.4 Å². The van der Waals surface area contributed by atoms with E-state index in [-0.39, 0.29) is 30.1 Å². The maximum Gasteiger partial charge on any atom is 0.242 e. The van der Waals surface area contributed by atoms with Crippen LogP contribution in [-0.2, 0) is 9.59 Å². The Morgan fingerprint density at radius 1 is 1.39 bits per heavy atom. The van der Waals surface area contributed by atoms with Gasteiger partial charge in [-0.2, -0.15) is 0 Å². The highest BCUT2D eigenvalue weighted by molar-refractivity contribution is 5.87. The average Bonchev–Trinajstić information content (AvgIpc) is 2.75. The topological polar surface area (TPSA) is 75.4 Å². The third kappa shape index (κ3) is 3.85. The van der Waals surface area contributed by atoms with E-state index in [1.807, 2.05) is 0 Å². The zero-order valence-electron chi connectivity index (χ0n) is 11.4. The normalized spacial score (nSPS) is 18.7. The van der Waals surface area contributed by atoms with Crippen molar-refractivity contribution in [1.82, 2.24) is 10.2 Å². The van der Waals surface area contributed by atoms with Crippen LogP contribution in [0, 0.1) is 5.92 Å². The minimum atomic E-state index is -0.697. The Hall–Kier alpha value is -0.810. The minimum Gasteiger partial charge on any atom is -0.359 e. The highest BCUT2D eigenvalue weighted by Gasteiger charge is 2.39. The van der Waals surface area contributed by atoms with E-state index in [0.717, 1.165) is 25.7 Å². The molecule has 1 atom stereocenters. The predicted octanol–water partition coefficient (Wildman–Crippen LogP) is 0.520. The molecule has 6 heteroatoms. The minimum absolute atomic E-state index is 0. The molecular weight excluding hydrogens is 254 g/mol. The molecule has 106 valence electrons. The van der Waals surface area contributed by atoms with Crippen molar-refractivity contribution in [2.75, 3.05) is 20.6 Å². The first-order chi connectivity index (χ1) is 7.90. The number of carbonyl (C=O) groups excluding carboxylic acids is 2. The quantitative estimate of drug-likeness (QED) is 0.787. The summed E-state index contributed by atoms with van der Waals surface area (Å²) in [6, 6.07) is 0. The maximum atomic E-state index is 12.2. The summed E-state index contributed by atoms with van der Waals surface area (Å²) in [7, 11) is 3.32. The van der Waals surface area contributed by atoms with E-state index < -0.39 is 5.54 Å². The highest BCUT2D eigenvalue weighted by atomic mass is 35.5. The Morgan fingerprint density at radius 3 is 2.33 bits per heavy atom. The summed E-state index contributed by atoms with van der Waals surface area (Å²) in [6.45, 7) is 2.22. The standard InChI is InChI=1S/C12H23N3O2.ClH/c1-9(10(16)14-2)8-15(3)11(17)12(13)6-4-5-7-12;/h9H,4-8,13H2,1-3H3,(H,14,16);1H. The van der Waals surface area contributed by atoms with Crippen LogP contribution in [0.2, 0.25) is 0 Å². The van der Waals surface area contributed by atoms with Crippen LogP contribution in [0.3, 0.4) is 0 Å². The highest BCUT2D eigenvalue weighted by Crippen LogP contribution is 2.28. The molecule has 0 aliphatic heterocycles. The molecule has 3 N–H and O–H groups in total. The van der Waals surface area contributed by atoms with Gasteiger partial charge in [-0.15, -0.1) is 12.4 Å². The maximum absolute atomic E-state index is 12.2. The van der Waals surface area contributed by atoms with Gasteiger partial charge in [-0.3, -0.25) is 9.59 Å². The van der Waals surface area contributed by atoms with Crippen molar-refractivity contribution in [3.63, 3.8) is 0 Å². The van der Waals surface area contributed by atoms with E-state index >= 15 is 0 Å². The Balaban J connectivity index is 0.00000289. The third-order valence-corrected chi connectivity index (χ3v) is 3.51. The number of likely N-dealkylation sites (N-methyl/N-ethyl adjacent to an activating group) is 1. The lowest BCUT2D eigenvalue weighted by Gasteiger charge is -2.30. The van der Waals surface area contributed by atoms with Crippen LogP contribution < -0.4 is 11.1 Å². The van der Waals surface area contributed by atoms with Crippen LogP contribution in [0.5, 0.6) is 0 Å². The van der Waals surface area contributed by atoms with Crippen molar-refractivity contribution in [3.05, 3.63) is 0 Å². The molecule has 18 heavy (non-hydrogen) atoms. The van der Waals surface area contributed by atoms with E-state index in [2.05, 4.69) is 5.32 Å². The van der Waals surface area contributed by atoms with Gasteiger partial charge in [0.15, 0.2) is 0 Å². The number of hydrogen-bond acceptors (Lipinski definition) is 3. The SMILES string of the molecule is CNC(=O)C(C)CN(C)C(=O)C1(N)CCCC1.Cl. The summed E-state index contributed by atoms with van der Waals surface area (Å²) in [4.78, 5) is 25.2. The zero-order valence-corrected chi connectivity index (χ0v) is 12.2. The van der Waals surface area contributed by atoms with Gasteiger partial charge in [-0.1, -0.05) is 19.8 Å². The summed E-state index contributed by atoms with van der Waals surface area (Å²) in [6.07, 6.45) is 3.54. The fourth-order valence-electron chi connectivity index (χ4n) is 2.42. The fourth-order valence-corrected chi connectivity index (χ4v) is 2.42. The van der Waals surface area contributed by atoms with Gasteiger partial charge in [0.2, 0.25) is 11.8 Å². The molecule has 0 aromatic rings. The molecule has 0 bridgehead atoms. The van der Waals surface area contributed by atoms with Crippen LogP contribution in [-0.4, -0.2) is 42.9 Å². The van der Waals surface area contributed by atoms with Crippen molar-refractivity contribution in [1.29, 1.82) is 0 Å². The number of nitrogens with one attached hydrogen (secondary N) is 1. The molecular formula is C12H24ClN3O2. The summed E-state index contributed by atoms with van der Waals surface area (Å²) >= 11 is 0. The van der Waals surface area contributed by atoms with E-state index in [0.29, 0.717) is 6.54 Å². The summed E-state index contributed by atoms with van der Waals surface area (Å²) in [5, 5.41) is 2.58. The summed E-state index contributed by atoms with van der Waals surface area (Å²) < 4.78 is 0. The van der Waals surface area contributed by atoms with Gasteiger partial charge in [0.1, 0.15) is 0 Å². The van der Waals surface area contributed by atoms with E-state index in [9.17, 15) is 9.59 Å². The number of nitrogens with zero attached hydrogens (tertiary/aromatic N) is 1. The second kappa shape index (κ2) is 6.95. The monoisotopic (exact) mass is 277 g/mol. The number of hydrogen-bond donors (Lipinski definition) is 2. The smallest absolute Gasteiger partial charge is 0.242 e. The van der Waals surface area contributed by atoms with E-state index in [1.165, 1.54) is 0 Å². The number of carbonyl (C=O) groups is 2. The molecule has 1 fully saturated rings. The molecule has 5 nitrogen and oxygen atoms in total. The molecule has 0 radical (unpaired) electrons. The molecule has 1 aliphatic rings. The molecule has 0 heterocycles. The Bertz CT molecular complexity index is 304. The lowest BCUT2D eigenvalue weighted by atomic mass is 9.97. The zero-order chi connectivity index (χ0) is 13.1. The number of rotatable bonds is 4. The average molecular weight is 278 g/mol. The predicted molar refractivity (Wildman–Crippen MR) is 73.5 cm³/mol. The molecule has 1 saturated carbocycles. The van der Waals surface area contributed by atoms with Crippen LogP contribution in [0.4, 0.5) is 0 Å². The molecule has 1 aliphatic carbocycles. The lowest BCUT2D eigenvalue weighted by molar-refractivity contribution is -0.137. The molecule has 1 rings (SSSR count). The van der Waals surface area contributed by atoms with Gasteiger partial charge in [-0.05, 0) is 12.8 Å². The molecule has 0 saturated heterocycles. The molecule has 0 spiro atoms. The summed E-state index contributed by atoms with van der Waals surface area (Å²) in [5.74, 6) is -0.299. The number of nitrogens with two attached hydrogens (primary N) is 1.